The third kappa shape index (κ3) is 3.94. The molecule has 2 aromatic rings. The number of amides is 1. The Morgan fingerprint density at radius 3 is 2.33 bits per heavy atom. The van der Waals surface area contributed by atoms with Gasteiger partial charge in [0.15, 0.2) is 0 Å². The summed E-state index contributed by atoms with van der Waals surface area (Å²) >= 11 is 0. The number of nitrogens with zero attached hydrogens (tertiary/aromatic N) is 1. The number of esters is 1. The molecule has 2 aromatic carbocycles. The van der Waals surface area contributed by atoms with Gasteiger partial charge in [-0.3, -0.25) is 9.69 Å². The van der Waals surface area contributed by atoms with Gasteiger partial charge in [0.1, 0.15) is 11.5 Å². The fourth-order valence-electron chi connectivity index (χ4n) is 3.38. The second-order valence-electron chi connectivity index (χ2n) is 6.82. The van der Waals surface area contributed by atoms with E-state index in [1.165, 1.54) is 4.90 Å². The Bertz CT molecular complexity index is 1030. The van der Waals surface area contributed by atoms with Gasteiger partial charge < -0.3 is 14.2 Å². The highest BCUT2D eigenvalue weighted by molar-refractivity contribution is 6.24. The molecule has 0 bridgehead atoms. The highest BCUT2D eigenvalue weighted by Crippen LogP contribution is 2.37. The van der Waals surface area contributed by atoms with E-state index in [1.807, 2.05) is 31.2 Å². The standard InChI is InChI=1S/C24H25NO5/c1-6-30-24(27)22-16(3)25(18-10-7-15(2)8-11-18)23(26)20(22)13-17-9-12-19(28-4)14-21(17)29-5/h7-14H,6H2,1-5H3. The van der Waals surface area contributed by atoms with Gasteiger partial charge in [0.25, 0.3) is 5.91 Å². The molecule has 156 valence electrons. The second-order valence-corrected chi connectivity index (χ2v) is 6.82. The van der Waals surface area contributed by atoms with Gasteiger partial charge >= 0.3 is 5.97 Å². The number of hydrogen-bond acceptors (Lipinski definition) is 5. The van der Waals surface area contributed by atoms with Crippen LogP contribution < -0.4 is 14.4 Å². The predicted octanol–water partition coefficient (Wildman–Crippen LogP) is 4.28. The van der Waals surface area contributed by atoms with E-state index in [-0.39, 0.29) is 23.7 Å². The van der Waals surface area contributed by atoms with Gasteiger partial charge in [-0.05, 0) is 51.1 Å². The number of allylic oxidation sites excluding steroid dienone is 1. The lowest BCUT2D eigenvalue weighted by atomic mass is 10.0. The van der Waals surface area contributed by atoms with Crippen molar-refractivity contribution in [1.82, 2.24) is 0 Å². The van der Waals surface area contributed by atoms with Crippen LogP contribution in [-0.2, 0) is 14.3 Å². The molecule has 0 spiro atoms. The molecule has 0 unspecified atom stereocenters. The van der Waals surface area contributed by atoms with Crippen LogP contribution in [0.25, 0.3) is 6.08 Å². The molecule has 0 saturated carbocycles. The molecule has 0 atom stereocenters. The van der Waals surface area contributed by atoms with Crippen LogP contribution in [0.5, 0.6) is 11.5 Å². The van der Waals surface area contributed by atoms with Gasteiger partial charge in [0, 0.05) is 23.0 Å². The molecule has 1 amide bonds. The first-order chi connectivity index (χ1) is 14.4. The molecular formula is C24H25NO5. The van der Waals surface area contributed by atoms with E-state index in [9.17, 15) is 9.59 Å². The molecule has 30 heavy (non-hydrogen) atoms. The summed E-state index contributed by atoms with van der Waals surface area (Å²) < 4.78 is 15.9. The molecule has 1 heterocycles. The van der Waals surface area contributed by atoms with Gasteiger partial charge in [-0.1, -0.05) is 17.7 Å². The van der Waals surface area contributed by atoms with Crippen LogP contribution in [0.3, 0.4) is 0 Å². The minimum absolute atomic E-state index is 0.216. The van der Waals surface area contributed by atoms with Crippen molar-refractivity contribution in [2.24, 2.45) is 0 Å². The van der Waals surface area contributed by atoms with Crippen molar-refractivity contribution >= 4 is 23.6 Å². The van der Waals surface area contributed by atoms with Crippen molar-refractivity contribution in [3.63, 3.8) is 0 Å². The van der Waals surface area contributed by atoms with Gasteiger partial charge in [0.2, 0.25) is 0 Å². The number of carbonyl (C=O) groups excluding carboxylic acids is 2. The molecule has 0 radical (unpaired) electrons. The average Bonchev–Trinajstić information content (AvgIpc) is 2.99. The lowest BCUT2D eigenvalue weighted by molar-refractivity contribution is -0.138. The Morgan fingerprint density at radius 2 is 1.73 bits per heavy atom. The minimum Gasteiger partial charge on any atom is -0.497 e. The number of anilines is 1. The first-order valence-corrected chi connectivity index (χ1v) is 9.64. The zero-order chi connectivity index (χ0) is 21.8. The molecule has 0 aromatic heterocycles. The highest BCUT2D eigenvalue weighted by Gasteiger charge is 2.38. The Morgan fingerprint density at radius 1 is 1.03 bits per heavy atom. The van der Waals surface area contributed by atoms with Crippen LogP contribution in [0.1, 0.15) is 25.0 Å². The van der Waals surface area contributed by atoms with Gasteiger partial charge in [-0.2, -0.15) is 0 Å². The van der Waals surface area contributed by atoms with E-state index in [1.54, 1.807) is 52.3 Å². The number of carbonyl (C=O) groups is 2. The molecular weight excluding hydrogens is 382 g/mol. The smallest absolute Gasteiger partial charge is 0.340 e. The summed E-state index contributed by atoms with van der Waals surface area (Å²) in [5.41, 5.74) is 3.46. The van der Waals surface area contributed by atoms with Crippen LogP contribution >= 0.6 is 0 Å². The Kier molecular flexibility index (Phi) is 6.26. The zero-order valence-electron chi connectivity index (χ0n) is 17.8. The third-order valence-corrected chi connectivity index (χ3v) is 4.91. The molecule has 3 rings (SSSR count). The maximum absolute atomic E-state index is 13.4. The summed E-state index contributed by atoms with van der Waals surface area (Å²) in [5, 5.41) is 0. The van der Waals surface area contributed by atoms with Crippen LogP contribution in [0, 0.1) is 6.92 Å². The fraction of sp³-hybridized carbons (Fsp3) is 0.250. The summed E-state index contributed by atoms with van der Waals surface area (Å²) in [5.74, 6) is 0.337. The van der Waals surface area contributed by atoms with E-state index in [4.69, 9.17) is 14.2 Å². The number of hydrogen-bond donors (Lipinski definition) is 0. The van der Waals surface area contributed by atoms with Crippen molar-refractivity contribution in [3.8, 4) is 11.5 Å². The predicted molar refractivity (Wildman–Crippen MR) is 116 cm³/mol. The van der Waals surface area contributed by atoms with E-state index >= 15 is 0 Å². The molecule has 1 aliphatic rings. The number of benzene rings is 2. The molecule has 0 N–H and O–H groups in total. The van der Waals surface area contributed by atoms with Gasteiger partial charge in [-0.25, -0.2) is 4.79 Å². The summed E-state index contributed by atoms with van der Waals surface area (Å²) in [6.45, 7) is 5.67. The maximum Gasteiger partial charge on any atom is 0.340 e. The number of ether oxygens (including phenoxy) is 3. The van der Waals surface area contributed by atoms with E-state index in [0.717, 1.165) is 5.56 Å². The molecule has 0 fully saturated rings. The quantitative estimate of drug-likeness (QED) is 0.528. The van der Waals surface area contributed by atoms with Crippen LogP contribution in [-0.4, -0.2) is 32.7 Å². The molecule has 6 heteroatoms. The topological polar surface area (TPSA) is 65.1 Å². The normalized spacial score (nSPS) is 15.0. The Labute approximate surface area is 176 Å². The number of aryl methyl sites for hydroxylation is 1. The number of methoxy groups -OCH3 is 2. The van der Waals surface area contributed by atoms with Crippen molar-refractivity contribution < 1.29 is 23.8 Å². The zero-order valence-corrected chi connectivity index (χ0v) is 17.8. The summed E-state index contributed by atoms with van der Waals surface area (Å²) in [7, 11) is 3.11. The van der Waals surface area contributed by atoms with E-state index < -0.39 is 5.97 Å². The molecule has 1 aliphatic heterocycles. The summed E-state index contributed by atoms with van der Waals surface area (Å²) in [6, 6.07) is 12.8. The van der Waals surface area contributed by atoms with Crippen LogP contribution in [0.4, 0.5) is 5.69 Å². The SMILES string of the molecule is CCOC(=O)C1=C(C)N(c2ccc(C)cc2)C(=O)C1=Cc1ccc(OC)cc1OC. The molecule has 0 saturated heterocycles. The summed E-state index contributed by atoms with van der Waals surface area (Å²) in [4.78, 5) is 27.7. The first-order valence-electron chi connectivity index (χ1n) is 9.64. The van der Waals surface area contributed by atoms with Crippen molar-refractivity contribution in [1.29, 1.82) is 0 Å². The van der Waals surface area contributed by atoms with Crippen molar-refractivity contribution in [3.05, 3.63) is 70.4 Å². The third-order valence-electron chi connectivity index (χ3n) is 4.91. The Balaban J connectivity index is 2.15. The van der Waals surface area contributed by atoms with Gasteiger partial charge in [0.05, 0.1) is 32.0 Å². The fourth-order valence-corrected chi connectivity index (χ4v) is 3.38. The highest BCUT2D eigenvalue weighted by atomic mass is 16.5. The second kappa shape index (κ2) is 8.86. The number of rotatable bonds is 6. The molecule has 6 nitrogen and oxygen atoms in total. The van der Waals surface area contributed by atoms with E-state index in [0.29, 0.717) is 28.4 Å². The average molecular weight is 407 g/mol. The lowest BCUT2D eigenvalue weighted by Gasteiger charge is -2.18. The largest absolute Gasteiger partial charge is 0.497 e. The maximum atomic E-state index is 13.4. The minimum atomic E-state index is -0.531. The molecule has 0 aliphatic carbocycles. The first kappa shape index (κ1) is 21.2. The van der Waals surface area contributed by atoms with E-state index in [2.05, 4.69) is 0 Å². The Hall–Kier alpha value is -3.54. The van der Waals surface area contributed by atoms with Crippen LogP contribution in [0.15, 0.2) is 59.3 Å². The summed E-state index contributed by atoms with van der Waals surface area (Å²) in [6.07, 6.45) is 1.66. The van der Waals surface area contributed by atoms with Crippen molar-refractivity contribution in [2.45, 2.75) is 20.8 Å². The van der Waals surface area contributed by atoms with Crippen LogP contribution in [0.2, 0.25) is 0 Å². The lowest BCUT2D eigenvalue weighted by Crippen LogP contribution is -2.24. The van der Waals surface area contributed by atoms with Gasteiger partial charge in [-0.15, -0.1) is 0 Å². The van der Waals surface area contributed by atoms with Crippen molar-refractivity contribution in [2.75, 3.05) is 25.7 Å². The monoisotopic (exact) mass is 407 g/mol.